The van der Waals surface area contributed by atoms with Crippen molar-refractivity contribution < 1.29 is 0 Å². The first-order valence-corrected chi connectivity index (χ1v) is 7.81. The largest absolute Gasteiger partial charge is 0.314 e. The summed E-state index contributed by atoms with van der Waals surface area (Å²) in [4.78, 5) is 0. The van der Waals surface area contributed by atoms with Crippen LogP contribution in [0.15, 0.2) is 24.3 Å². The highest BCUT2D eigenvalue weighted by molar-refractivity contribution is 7.98. The summed E-state index contributed by atoms with van der Waals surface area (Å²) >= 11 is 8.07. The second-order valence-electron chi connectivity index (χ2n) is 4.29. The molecule has 0 amide bonds. The first-order valence-electron chi connectivity index (χ1n) is 6.28. The third-order valence-corrected chi connectivity index (χ3v) is 4.06. The van der Waals surface area contributed by atoms with Gasteiger partial charge in [0.2, 0.25) is 0 Å². The van der Waals surface area contributed by atoms with Gasteiger partial charge in [-0.3, -0.25) is 0 Å². The van der Waals surface area contributed by atoms with Gasteiger partial charge in [0.25, 0.3) is 0 Å². The molecule has 0 aliphatic rings. The van der Waals surface area contributed by atoms with Crippen LogP contribution in [-0.4, -0.2) is 18.3 Å². The van der Waals surface area contributed by atoms with Gasteiger partial charge in [-0.15, -0.1) is 0 Å². The molecule has 0 saturated carbocycles. The number of hydrogen-bond acceptors (Lipinski definition) is 2. The summed E-state index contributed by atoms with van der Waals surface area (Å²) < 4.78 is 0. The number of hydrogen-bond donors (Lipinski definition) is 1. The minimum atomic E-state index is 0.619. The highest BCUT2D eigenvalue weighted by atomic mass is 35.5. The summed E-state index contributed by atoms with van der Waals surface area (Å²) in [7, 11) is 0. The van der Waals surface area contributed by atoms with E-state index < -0.39 is 0 Å². The Hall–Kier alpha value is -0.180. The molecule has 1 aromatic carbocycles. The molecule has 3 heteroatoms. The molecule has 96 valence electrons. The summed E-state index contributed by atoms with van der Waals surface area (Å²) in [5, 5.41) is 4.39. The molecule has 1 aromatic rings. The molecule has 0 aliphatic heterocycles. The van der Waals surface area contributed by atoms with Crippen LogP contribution in [0.4, 0.5) is 0 Å². The summed E-state index contributed by atoms with van der Waals surface area (Å²) in [6.45, 7) is 5.58. The number of rotatable bonds is 8. The van der Waals surface area contributed by atoms with Crippen molar-refractivity contribution in [1.82, 2.24) is 5.32 Å². The molecule has 0 aromatic heterocycles. The Morgan fingerprint density at radius 2 is 2.12 bits per heavy atom. The first kappa shape index (κ1) is 14.9. The average Bonchev–Trinajstić information content (AvgIpc) is 2.34. The van der Waals surface area contributed by atoms with Crippen LogP contribution < -0.4 is 5.32 Å². The van der Waals surface area contributed by atoms with E-state index in [1.54, 1.807) is 0 Å². The van der Waals surface area contributed by atoms with Gasteiger partial charge in [-0.05, 0) is 43.7 Å². The molecule has 0 radical (unpaired) electrons. The van der Waals surface area contributed by atoms with Crippen LogP contribution in [-0.2, 0) is 5.75 Å². The van der Waals surface area contributed by atoms with E-state index >= 15 is 0 Å². The molecule has 0 fully saturated rings. The topological polar surface area (TPSA) is 12.0 Å². The second-order valence-corrected chi connectivity index (χ2v) is 5.80. The van der Waals surface area contributed by atoms with Crippen LogP contribution in [0.25, 0.3) is 0 Å². The smallest absolute Gasteiger partial charge is 0.0446 e. The van der Waals surface area contributed by atoms with Crippen molar-refractivity contribution in [1.29, 1.82) is 0 Å². The monoisotopic (exact) mass is 271 g/mol. The number of thioether (sulfide) groups is 1. The van der Waals surface area contributed by atoms with Crippen molar-refractivity contribution in [3.05, 3.63) is 34.9 Å². The molecule has 1 nitrogen and oxygen atoms in total. The quantitative estimate of drug-likeness (QED) is 0.706. The first-order chi connectivity index (χ1) is 8.24. The fraction of sp³-hybridized carbons (Fsp3) is 0.571. The van der Waals surface area contributed by atoms with Crippen molar-refractivity contribution >= 4 is 23.4 Å². The normalized spacial score (nSPS) is 12.6. The third-order valence-electron chi connectivity index (χ3n) is 2.65. The van der Waals surface area contributed by atoms with Crippen molar-refractivity contribution in [2.75, 3.05) is 12.3 Å². The van der Waals surface area contributed by atoms with Crippen molar-refractivity contribution in [2.45, 2.75) is 38.5 Å². The molecular formula is C14H22ClNS. The molecule has 17 heavy (non-hydrogen) atoms. The summed E-state index contributed by atoms with van der Waals surface area (Å²) in [5.74, 6) is 2.20. The average molecular weight is 272 g/mol. The fourth-order valence-electron chi connectivity index (χ4n) is 1.55. The van der Waals surface area contributed by atoms with Crippen LogP contribution in [0.3, 0.4) is 0 Å². The minimum absolute atomic E-state index is 0.619. The zero-order valence-electron chi connectivity index (χ0n) is 10.7. The highest BCUT2D eigenvalue weighted by Gasteiger charge is 2.02. The third kappa shape index (κ3) is 6.35. The zero-order valence-corrected chi connectivity index (χ0v) is 12.3. The summed E-state index contributed by atoms with van der Waals surface area (Å²) in [6, 6.07) is 8.71. The highest BCUT2D eigenvalue weighted by Crippen LogP contribution is 2.21. The van der Waals surface area contributed by atoms with Crippen molar-refractivity contribution in [3.8, 4) is 0 Å². The van der Waals surface area contributed by atoms with E-state index in [0.29, 0.717) is 6.04 Å². The fourth-order valence-corrected chi connectivity index (χ4v) is 2.97. The standard InChI is InChI=1S/C14H22ClNS/c1-3-9-16-12(2)8-10-17-11-13-6-4-5-7-14(13)15/h4-7,12,16H,3,8-11H2,1-2H3. The predicted octanol–water partition coefficient (Wildman–Crippen LogP) is 4.35. The predicted molar refractivity (Wildman–Crippen MR) is 80.0 cm³/mol. The Morgan fingerprint density at radius 1 is 1.35 bits per heavy atom. The number of nitrogens with one attached hydrogen (secondary N) is 1. The molecule has 1 rings (SSSR count). The Morgan fingerprint density at radius 3 is 2.82 bits per heavy atom. The lowest BCUT2D eigenvalue weighted by Gasteiger charge is -2.12. The van der Waals surface area contributed by atoms with Gasteiger partial charge in [0, 0.05) is 16.8 Å². The van der Waals surface area contributed by atoms with Gasteiger partial charge in [0.15, 0.2) is 0 Å². The SMILES string of the molecule is CCCNC(C)CCSCc1ccccc1Cl. The Labute approximate surface area is 114 Å². The Balaban J connectivity index is 2.14. The Kier molecular flexibility index (Phi) is 7.74. The molecule has 1 N–H and O–H groups in total. The number of benzene rings is 1. The molecule has 1 atom stereocenters. The maximum absolute atomic E-state index is 6.11. The molecule has 0 aliphatic carbocycles. The lowest BCUT2D eigenvalue weighted by atomic mass is 10.2. The minimum Gasteiger partial charge on any atom is -0.314 e. The van der Waals surface area contributed by atoms with E-state index in [1.807, 2.05) is 30.0 Å². The maximum atomic E-state index is 6.11. The van der Waals surface area contributed by atoms with Gasteiger partial charge in [0.05, 0.1) is 0 Å². The van der Waals surface area contributed by atoms with E-state index in [9.17, 15) is 0 Å². The van der Waals surface area contributed by atoms with Gasteiger partial charge in [-0.1, -0.05) is 36.7 Å². The van der Waals surface area contributed by atoms with Crippen molar-refractivity contribution in [2.24, 2.45) is 0 Å². The maximum Gasteiger partial charge on any atom is 0.0446 e. The van der Waals surface area contributed by atoms with Gasteiger partial charge in [-0.2, -0.15) is 11.8 Å². The van der Waals surface area contributed by atoms with Gasteiger partial charge in [-0.25, -0.2) is 0 Å². The lowest BCUT2D eigenvalue weighted by Crippen LogP contribution is -2.27. The second kappa shape index (κ2) is 8.84. The van der Waals surface area contributed by atoms with Gasteiger partial charge >= 0.3 is 0 Å². The Bertz CT molecular complexity index is 317. The molecule has 0 bridgehead atoms. The van der Waals surface area contributed by atoms with Crippen LogP contribution in [0.5, 0.6) is 0 Å². The summed E-state index contributed by atoms with van der Waals surface area (Å²) in [5.41, 5.74) is 1.24. The van der Waals surface area contributed by atoms with E-state index in [2.05, 4.69) is 25.2 Å². The summed E-state index contributed by atoms with van der Waals surface area (Å²) in [6.07, 6.45) is 2.42. The van der Waals surface area contributed by atoms with Gasteiger partial charge in [0.1, 0.15) is 0 Å². The molecule has 0 saturated heterocycles. The van der Waals surface area contributed by atoms with E-state index in [-0.39, 0.29) is 0 Å². The molecule has 1 unspecified atom stereocenters. The molecule has 0 spiro atoms. The van der Waals surface area contributed by atoms with Crippen LogP contribution in [0.1, 0.15) is 32.3 Å². The van der Waals surface area contributed by atoms with Crippen molar-refractivity contribution in [3.63, 3.8) is 0 Å². The molecular weight excluding hydrogens is 250 g/mol. The van der Waals surface area contributed by atoms with Gasteiger partial charge < -0.3 is 5.32 Å². The van der Waals surface area contributed by atoms with E-state index in [1.165, 1.54) is 24.2 Å². The zero-order chi connectivity index (χ0) is 12.5. The van der Waals surface area contributed by atoms with Crippen LogP contribution >= 0.6 is 23.4 Å². The lowest BCUT2D eigenvalue weighted by molar-refractivity contribution is 0.536. The van der Waals surface area contributed by atoms with E-state index in [0.717, 1.165) is 17.3 Å². The van der Waals surface area contributed by atoms with E-state index in [4.69, 9.17) is 11.6 Å². The molecule has 0 heterocycles. The number of halogens is 1. The van der Waals surface area contributed by atoms with Crippen LogP contribution in [0.2, 0.25) is 5.02 Å². The van der Waals surface area contributed by atoms with Crippen LogP contribution in [0, 0.1) is 0 Å².